The van der Waals surface area contributed by atoms with E-state index in [0.717, 1.165) is 16.7 Å². The van der Waals surface area contributed by atoms with Gasteiger partial charge in [0.1, 0.15) is 5.82 Å². The van der Waals surface area contributed by atoms with Crippen molar-refractivity contribution in [2.45, 2.75) is 6.42 Å². The first-order valence-electron chi connectivity index (χ1n) is 6.03. The Morgan fingerprint density at radius 1 is 1.20 bits per heavy atom. The number of hydrogen-bond donors (Lipinski definition) is 2. The minimum atomic E-state index is 0.0774. The summed E-state index contributed by atoms with van der Waals surface area (Å²) in [5, 5.41) is 13.7. The largest absolute Gasteiger partial charge is 0.396 e. The van der Waals surface area contributed by atoms with Crippen molar-refractivity contribution in [1.29, 1.82) is 0 Å². The van der Waals surface area contributed by atoms with Crippen molar-refractivity contribution in [3.63, 3.8) is 0 Å². The smallest absolute Gasteiger partial charge is 0.162 e. The molecule has 0 amide bonds. The number of pyridine rings is 1. The molecule has 0 saturated carbocycles. The van der Waals surface area contributed by atoms with Gasteiger partial charge in [-0.25, -0.2) is 14.5 Å². The van der Waals surface area contributed by atoms with Crippen molar-refractivity contribution in [2.24, 2.45) is 0 Å². The summed E-state index contributed by atoms with van der Waals surface area (Å²) >= 11 is 6.15. The molecule has 0 spiro atoms. The SMILES string of the molecule is Nc1cc(-c2cnn3cc(CCO)cnc23)c(Cl)cn1. The number of nitrogens with zero attached hydrogens (tertiary/aromatic N) is 4. The topological polar surface area (TPSA) is 89.3 Å². The van der Waals surface area contributed by atoms with Crippen LogP contribution in [0, 0.1) is 0 Å². The highest BCUT2D eigenvalue weighted by Gasteiger charge is 2.12. The molecule has 0 fully saturated rings. The summed E-state index contributed by atoms with van der Waals surface area (Å²) in [5.74, 6) is 0.389. The maximum Gasteiger partial charge on any atom is 0.162 e. The standard InChI is InChI=1S/C13H12ClN5O/c14-11-6-16-12(15)3-9(11)10-5-18-19-7-8(1-2-20)4-17-13(10)19/h3-7,20H,1-2H2,(H2,15,16). The third-order valence-electron chi connectivity index (χ3n) is 2.98. The van der Waals surface area contributed by atoms with Crippen LogP contribution in [0.25, 0.3) is 16.8 Å². The Morgan fingerprint density at radius 2 is 2.05 bits per heavy atom. The Morgan fingerprint density at radius 3 is 2.85 bits per heavy atom. The van der Waals surface area contributed by atoms with Crippen LogP contribution in [0.3, 0.4) is 0 Å². The van der Waals surface area contributed by atoms with Crippen LogP contribution in [0.2, 0.25) is 5.02 Å². The Kier molecular flexibility index (Phi) is 3.25. The highest BCUT2D eigenvalue weighted by Crippen LogP contribution is 2.30. The molecule has 0 saturated heterocycles. The first kappa shape index (κ1) is 12.8. The normalized spacial score (nSPS) is 11.1. The second kappa shape index (κ2) is 5.07. The van der Waals surface area contributed by atoms with E-state index in [2.05, 4.69) is 15.1 Å². The highest BCUT2D eigenvalue weighted by molar-refractivity contribution is 6.33. The van der Waals surface area contributed by atoms with E-state index < -0.39 is 0 Å². The average molecular weight is 290 g/mol. The van der Waals surface area contributed by atoms with Gasteiger partial charge in [0, 0.05) is 36.3 Å². The average Bonchev–Trinajstić information content (AvgIpc) is 2.85. The molecular formula is C13H12ClN5O. The van der Waals surface area contributed by atoms with E-state index in [9.17, 15) is 0 Å². The van der Waals surface area contributed by atoms with E-state index in [4.69, 9.17) is 22.4 Å². The molecule has 0 aliphatic heterocycles. The van der Waals surface area contributed by atoms with E-state index in [1.807, 2.05) is 6.20 Å². The van der Waals surface area contributed by atoms with E-state index in [1.54, 1.807) is 23.0 Å². The first-order chi connectivity index (χ1) is 9.69. The molecule has 7 heteroatoms. The van der Waals surface area contributed by atoms with Crippen LogP contribution in [0.15, 0.2) is 30.9 Å². The van der Waals surface area contributed by atoms with Gasteiger partial charge < -0.3 is 10.8 Å². The zero-order valence-corrected chi connectivity index (χ0v) is 11.2. The quantitative estimate of drug-likeness (QED) is 0.764. The summed E-state index contributed by atoms with van der Waals surface area (Å²) < 4.78 is 1.66. The fourth-order valence-electron chi connectivity index (χ4n) is 2.02. The van der Waals surface area contributed by atoms with Crippen LogP contribution in [0.4, 0.5) is 5.82 Å². The van der Waals surface area contributed by atoms with Crippen molar-refractivity contribution in [3.8, 4) is 11.1 Å². The lowest BCUT2D eigenvalue weighted by atomic mass is 10.1. The summed E-state index contributed by atoms with van der Waals surface area (Å²) in [5.41, 5.74) is 8.83. The molecule has 0 aromatic carbocycles. The van der Waals surface area contributed by atoms with Crippen molar-refractivity contribution < 1.29 is 5.11 Å². The van der Waals surface area contributed by atoms with Crippen molar-refractivity contribution in [2.75, 3.05) is 12.3 Å². The number of nitrogens with two attached hydrogens (primary N) is 1. The molecule has 102 valence electrons. The van der Waals surface area contributed by atoms with Crippen molar-refractivity contribution >= 4 is 23.1 Å². The van der Waals surface area contributed by atoms with Gasteiger partial charge in [0.25, 0.3) is 0 Å². The number of rotatable bonds is 3. The summed E-state index contributed by atoms with van der Waals surface area (Å²) in [6.07, 6.45) is 7.29. The third-order valence-corrected chi connectivity index (χ3v) is 3.28. The van der Waals surface area contributed by atoms with Crippen LogP contribution in [-0.2, 0) is 6.42 Å². The number of halogens is 1. The van der Waals surface area contributed by atoms with Crippen LogP contribution in [0.5, 0.6) is 0 Å². The van der Waals surface area contributed by atoms with Gasteiger partial charge in [0.05, 0.1) is 11.2 Å². The lowest BCUT2D eigenvalue weighted by Crippen LogP contribution is -1.97. The molecule has 0 unspecified atom stereocenters. The molecule has 3 aromatic heterocycles. The fourth-order valence-corrected chi connectivity index (χ4v) is 2.23. The fraction of sp³-hybridized carbons (Fsp3) is 0.154. The second-order valence-electron chi connectivity index (χ2n) is 4.35. The van der Waals surface area contributed by atoms with Gasteiger partial charge in [-0.2, -0.15) is 5.10 Å². The molecule has 6 nitrogen and oxygen atoms in total. The summed E-state index contributed by atoms with van der Waals surface area (Å²) in [7, 11) is 0. The summed E-state index contributed by atoms with van der Waals surface area (Å²) in [6, 6.07) is 1.70. The third kappa shape index (κ3) is 2.19. The van der Waals surface area contributed by atoms with Gasteiger partial charge in [-0.15, -0.1) is 0 Å². The van der Waals surface area contributed by atoms with Crippen molar-refractivity contribution in [1.82, 2.24) is 19.6 Å². The minimum absolute atomic E-state index is 0.0774. The lowest BCUT2D eigenvalue weighted by molar-refractivity contribution is 0.299. The number of hydrogen-bond acceptors (Lipinski definition) is 5. The van der Waals surface area contributed by atoms with Gasteiger partial charge in [0.2, 0.25) is 0 Å². The molecule has 3 heterocycles. The van der Waals surface area contributed by atoms with E-state index >= 15 is 0 Å². The van der Waals surface area contributed by atoms with Gasteiger partial charge in [-0.05, 0) is 18.1 Å². The van der Waals surface area contributed by atoms with Crippen LogP contribution in [-0.4, -0.2) is 31.3 Å². The molecule has 0 radical (unpaired) electrons. The summed E-state index contributed by atoms with van der Waals surface area (Å²) in [4.78, 5) is 8.31. The highest BCUT2D eigenvalue weighted by atomic mass is 35.5. The molecule has 3 aromatic rings. The van der Waals surface area contributed by atoms with Gasteiger partial charge in [0.15, 0.2) is 5.65 Å². The lowest BCUT2D eigenvalue weighted by Gasteiger charge is -2.04. The van der Waals surface area contributed by atoms with E-state index in [-0.39, 0.29) is 6.61 Å². The van der Waals surface area contributed by atoms with Gasteiger partial charge >= 0.3 is 0 Å². The molecule has 3 N–H and O–H groups in total. The maximum atomic E-state index is 8.95. The van der Waals surface area contributed by atoms with Crippen LogP contribution in [0.1, 0.15) is 5.56 Å². The molecule has 0 aliphatic rings. The van der Waals surface area contributed by atoms with Gasteiger partial charge in [-0.3, -0.25) is 0 Å². The Bertz CT molecular complexity index is 771. The number of fused-ring (bicyclic) bond motifs is 1. The Hall–Kier alpha value is -2.18. The molecule has 0 aliphatic carbocycles. The van der Waals surface area contributed by atoms with E-state index in [0.29, 0.717) is 22.9 Å². The number of aliphatic hydroxyl groups is 1. The predicted molar refractivity (Wildman–Crippen MR) is 76.4 cm³/mol. The van der Waals surface area contributed by atoms with Crippen LogP contribution < -0.4 is 5.73 Å². The van der Waals surface area contributed by atoms with Crippen molar-refractivity contribution in [3.05, 3.63) is 41.4 Å². The zero-order chi connectivity index (χ0) is 14.1. The molecule has 0 bridgehead atoms. The molecule has 3 rings (SSSR count). The monoisotopic (exact) mass is 289 g/mol. The number of aliphatic hydroxyl groups excluding tert-OH is 1. The predicted octanol–water partition coefficient (Wildman–Crippen LogP) is 1.56. The summed E-state index contributed by atoms with van der Waals surface area (Å²) in [6.45, 7) is 0.0774. The Balaban J connectivity index is 2.15. The molecular weight excluding hydrogens is 278 g/mol. The minimum Gasteiger partial charge on any atom is -0.396 e. The van der Waals surface area contributed by atoms with E-state index in [1.165, 1.54) is 6.20 Å². The number of aromatic nitrogens is 4. The zero-order valence-electron chi connectivity index (χ0n) is 10.5. The van der Waals surface area contributed by atoms with Gasteiger partial charge in [-0.1, -0.05) is 11.6 Å². The molecule has 20 heavy (non-hydrogen) atoms. The maximum absolute atomic E-state index is 8.95. The first-order valence-corrected chi connectivity index (χ1v) is 6.41. The molecule has 0 atom stereocenters. The Labute approximate surface area is 119 Å². The second-order valence-corrected chi connectivity index (χ2v) is 4.76. The van der Waals surface area contributed by atoms with Crippen LogP contribution >= 0.6 is 11.6 Å². The number of nitrogen functional groups attached to an aromatic ring is 1. The number of anilines is 1.